The van der Waals surface area contributed by atoms with Crippen LogP contribution in [0.15, 0.2) is 10.4 Å². The van der Waals surface area contributed by atoms with Crippen molar-refractivity contribution in [2.45, 2.75) is 59.0 Å². The fraction of sp³-hybridized carbons (Fsp3) is 0.688. The molecule has 0 spiro atoms. The highest BCUT2D eigenvalue weighted by Gasteiger charge is 2.17. The zero-order valence-electron chi connectivity index (χ0n) is 15.6. The van der Waals surface area contributed by atoms with E-state index >= 15 is 0 Å². The van der Waals surface area contributed by atoms with Crippen LogP contribution in [-0.2, 0) is 16.8 Å². The predicted molar refractivity (Wildman–Crippen MR) is 112 cm³/mol. The number of nitrogens with zero attached hydrogens (tertiary/aromatic N) is 2. The van der Waals surface area contributed by atoms with Crippen LogP contribution in [0.3, 0.4) is 0 Å². The van der Waals surface area contributed by atoms with E-state index in [1.54, 1.807) is 18.4 Å². The number of hydrogen-bond acceptors (Lipinski definition) is 4. The molecule has 8 heteroatoms. The number of amides is 1. The van der Waals surface area contributed by atoms with Crippen molar-refractivity contribution < 1.29 is 4.79 Å². The second-order valence-electron chi connectivity index (χ2n) is 7.45. The van der Waals surface area contributed by atoms with Crippen molar-refractivity contribution in [2.75, 3.05) is 13.6 Å². The van der Waals surface area contributed by atoms with E-state index in [9.17, 15) is 4.79 Å². The Labute approximate surface area is 166 Å². The molecule has 1 heterocycles. The summed E-state index contributed by atoms with van der Waals surface area (Å²) in [6.45, 7) is 13.1. The van der Waals surface area contributed by atoms with Crippen molar-refractivity contribution in [2.24, 2.45) is 4.99 Å². The number of thiazole rings is 1. The van der Waals surface area contributed by atoms with Crippen molar-refractivity contribution in [3.63, 3.8) is 0 Å². The van der Waals surface area contributed by atoms with E-state index in [2.05, 4.69) is 52.1 Å². The van der Waals surface area contributed by atoms with Crippen LogP contribution in [0.4, 0.5) is 0 Å². The van der Waals surface area contributed by atoms with Gasteiger partial charge in [-0.2, -0.15) is 0 Å². The van der Waals surface area contributed by atoms with Crippen molar-refractivity contribution >= 4 is 47.2 Å². The van der Waals surface area contributed by atoms with Gasteiger partial charge >= 0.3 is 0 Å². The molecule has 138 valence electrons. The van der Waals surface area contributed by atoms with Crippen LogP contribution in [0.2, 0.25) is 0 Å². The van der Waals surface area contributed by atoms with Crippen LogP contribution in [0, 0.1) is 0 Å². The molecular formula is C16H30IN5OS. The van der Waals surface area contributed by atoms with Gasteiger partial charge in [-0.15, -0.1) is 35.3 Å². The van der Waals surface area contributed by atoms with E-state index in [1.807, 2.05) is 20.8 Å². The summed E-state index contributed by atoms with van der Waals surface area (Å²) in [4.78, 5) is 20.5. The molecule has 24 heavy (non-hydrogen) atoms. The SMILES string of the molecule is CN=C(NCC(=O)NC(C)(C)C)NCc1nc(C(C)(C)C)cs1.I. The van der Waals surface area contributed by atoms with Crippen molar-refractivity contribution in [3.05, 3.63) is 16.1 Å². The van der Waals surface area contributed by atoms with Crippen LogP contribution in [0.5, 0.6) is 0 Å². The third kappa shape index (κ3) is 8.81. The molecule has 0 aliphatic heterocycles. The minimum Gasteiger partial charge on any atom is -0.350 e. The molecule has 0 bridgehead atoms. The lowest BCUT2D eigenvalue weighted by atomic mass is 9.93. The lowest BCUT2D eigenvalue weighted by molar-refractivity contribution is -0.121. The number of aromatic nitrogens is 1. The predicted octanol–water partition coefficient (Wildman–Crippen LogP) is 2.64. The molecule has 0 saturated heterocycles. The summed E-state index contributed by atoms with van der Waals surface area (Å²) in [5.74, 6) is 0.520. The van der Waals surface area contributed by atoms with E-state index in [4.69, 9.17) is 0 Å². The van der Waals surface area contributed by atoms with Gasteiger partial charge in [0.05, 0.1) is 18.8 Å². The first kappa shape index (κ1) is 23.1. The van der Waals surface area contributed by atoms with Crippen LogP contribution in [0.25, 0.3) is 0 Å². The van der Waals surface area contributed by atoms with Crippen molar-refractivity contribution in [3.8, 4) is 0 Å². The maximum absolute atomic E-state index is 11.8. The summed E-state index contributed by atoms with van der Waals surface area (Å²) in [5.41, 5.74) is 0.909. The summed E-state index contributed by atoms with van der Waals surface area (Å²) in [6, 6.07) is 0. The van der Waals surface area contributed by atoms with Crippen LogP contribution < -0.4 is 16.0 Å². The molecule has 3 N–H and O–H groups in total. The van der Waals surface area contributed by atoms with E-state index in [1.165, 1.54) is 0 Å². The summed E-state index contributed by atoms with van der Waals surface area (Å²) in [6.07, 6.45) is 0. The Morgan fingerprint density at radius 1 is 1.21 bits per heavy atom. The summed E-state index contributed by atoms with van der Waals surface area (Å²) in [7, 11) is 1.68. The zero-order chi connectivity index (χ0) is 17.7. The second kappa shape index (κ2) is 9.55. The van der Waals surface area contributed by atoms with Gasteiger partial charge in [0.1, 0.15) is 5.01 Å². The molecule has 0 radical (unpaired) electrons. The molecule has 0 fully saturated rings. The van der Waals surface area contributed by atoms with Crippen LogP contribution in [0.1, 0.15) is 52.2 Å². The molecule has 6 nitrogen and oxygen atoms in total. The van der Waals surface area contributed by atoms with Gasteiger partial charge in [0.25, 0.3) is 0 Å². The third-order valence-electron chi connectivity index (χ3n) is 2.88. The molecule has 0 unspecified atom stereocenters. The Kier molecular flexibility index (Phi) is 9.19. The monoisotopic (exact) mass is 467 g/mol. The van der Waals surface area contributed by atoms with Crippen LogP contribution >= 0.6 is 35.3 Å². The molecule has 0 aliphatic carbocycles. The number of carbonyl (C=O) groups is 1. The average Bonchev–Trinajstić information content (AvgIpc) is 2.85. The van der Waals surface area contributed by atoms with Crippen molar-refractivity contribution in [1.82, 2.24) is 20.9 Å². The number of carbonyl (C=O) groups excluding carboxylic acids is 1. The van der Waals surface area contributed by atoms with Gasteiger partial charge in [-0.1, -0.05) is 20.8 Å². The number of nitrogens with one attached hydrogen (secondary N) is 3. The molecule has 0 aromatic carbocycles. The van der Waals surface area contributed by atoms with E-state index in [0.717, 1.165) is 10.7 Å². The fourth-order valence-corrected chi connectivity index (χ4v) is 2.70. The lowest BCUT2D eigenvalue weighted by Gasteiger charge is -2.21. The van der Waals surface area contributed by atoms with Gasteiger partial charge < -0.3 is 16.0 Å². The first-order valence-electron chi connectivity index (χ1n) is 7.71. The van der Waals surface area contributed by atoms with Gasteiger partial charge in [-0.05, 0) is 20.8 Å². The minimum atomic E-state index is -0.236. The highest BCUT2D eigenvalue weighted by atomic mass is 127. The first-order valence-corrected chi connectivity index (χ1v) is 8.59. The standard InChI is InChI=1S/C16H29N5OS.HI/c1-15(2,3)11-10-23-13(20-11)9-19-14(17-7)18-8-12(22)21-16(4,5)6;/h10H,8-9H2,1-7H3,(H,21,22)(H2,17,18,19);1H. The van der Waals surface area contributed by atoms with Crippen LogP contribution in [-0.4, -0.2) is 36.0 Å². The smallest absolute Gasteiger partial charge is 0.239 e. The van der Waals surface area contributed by atoms with Gasteiger partial charge in [0.2, 0.25) is 5.91 Å². The molecule has 1 rings (SSSR count). The topological polar surface area (TPSA) is 78.4 Å². The molecule has 0 aliphatic rings. The number of hydrogen-bond donors (Lipinski definition) is 3. The third-order valence-corrected chi connectivity index (χ3v) is 3.73. The Hall–Kier alpha value is -0.900. The molecule has 1 aromatic heterocycles. The molecule has 1 aromatic rings. The quantitative estimate of drug-likeness (QED) is 0.362. The fourth-order valence-electron chi connectivity index (χ4n) is 1.74. The first-order chi connectivity index (χ1) is 10.5. The summed E-state index contributed by atoms with van der Waals surface area (Å²) < 4.78 is 0. The maximum Gasteiger partial charge on any atom is 0.239 e. The molecule has 0 saturated carbocycles. The Bertz CT molecular complexity index is 558. The van der Waals surface area contributed by atoms with Gasteiger partial charge in [-0.3, -0.25) is 9.79 Å². The van der Waals surface area contributed by atoms with Crippen molar-refractivity contribution in [1.29, 1.82) is 0 Å². The Balaban J connectivity index is 0.00000529. The Morgan fingerprint density at radius 2 is 1.83 bits per heavy atom. The summed E-state index contributed by atoms with van der Waals surface area (Å²) in [5, 5.41) is 12.2. The normalized spacial score (nSPS) is 12.4. The van der Waals surface area contributed by atoms with Gasteiger partial charge in [0, 0.05) is 23.4 Å². The number of halogens is 1. The summed E-state index contributed by atoms with van der Waals surface area (Å²) >= 11 is 1.63. The highest BCUT2D eigenvalue weighted by Crippen LogP contribution is 2.23. The van der Waals surface area contributed by atoms with E-state index in [-0.39, 0.29) is 47.4 Å². The number of rotatable bonds is 4. The number of aliphatic imine (C=N–C) groups is 1. The van der Waals surface area contributed by atoms with Gasteiger partial charge in [-0.25, -0.2) is 4.98 Å². The van der Waals surface area contributed by atoms with E-state index in [0.29, 0.717) is 12.5 Å². The maximum atomic E-state index is 11.8. The minimum absolute atomic E-state index is 0. The van der Waals surface area contributed by atoms with E-state index < -0.39 is 0 Å². The molecule has 1 amide bonds. The lowest BCUT2D eigenvalue weighted by Crippen LogP contribution is -2.48. The van der Waals surface area contributed by atoms with Gasteiger partial charge in [0.15, 0.2) is 5.96 Å². The molecule has 0 atom stereocenters. The number of guanidine groups is 1. The Morgan fingerprint density at radius 3 is 2.29 bits per heavy atom. The average molecular weight is 467 g/mol. The second-order valence-corrected chi connectivity index (χ2v) is 8.40. The molecular weight excluding hydrogens is 437 g/mol. The highest BCUT2D eigenvalue weighted by molar-refractivity contribution is 14.0. The largest absolute Gasteiger partial charge is 0.350 e. The zero-order valence-corrected chi connectivity index (χ0v) is 18.8.